The molecule has 2 N–H and O–H groups in total. The molecule has 0 bridgehead atoms. The Morgan fingerprint density at radius 2 is 1.96 bits per heavy atom. The first kappa shape index (κ1) is 16.6. The summed E-state index contributed by atoms with van der Waals surface area (Å²) < 4.78 is 8.29. The van der Waals surface area contributed by atoms with Gasteiger partial charge < -0.3 is 15.5 Å². The molecule has 8 nitrogen and oxygen atoms in total. The van der Waals surface area contributed by atoms with Gasteiger partial charge in [0, 0.05) is 37.8 Å². The summed E-state index contributed by atoms with van der Waals surface area (Å²) in [6.07, 6.45) is 4.24. The molecular formula is C17H19N7OS. The van der Waals surface area contributed by atoms with Gasteiger partial charge in [-0.05, 0) is 31.0 Å². The van der Waals surface area contributed by atoms with Crippen LogP contribution in [0.5, 0.6) is 0 Å². The minimum absolute atomic E-state index is 0.126. The lowest BCUT2D eigenvalue weighted by Crippen LogP contribution is -2.29. The van der Waals surface area contributed by atoms with Gasteiger partial charge in [0.25, 0.3) is 5.91 Å². The van der Waals surface area contributed by atoms with Crippen LogP contribution in [-0.2, 0) is 0 Å². The summed E-state index contributed by atoms with van der Waals surface area (Å²) in [6.45, 7) is 3.20. The Kier molecular flexibility index (Phi) is 4.87. The monoisotopic (exact) mass is 369 g/mol. The van der Waals surface area contributed by atoms with Crippen molar-refractivity contribution in [1.82, 2.24) is 24.3 Å². The summed E-state index contributed by atoms with van der Waals surface area (Å²) in [5.74, 6) is 0.595. The number of carbonyl (C=O) groups excluding carboxylic acids is 1. The Balaban J connectivity index is 1.28. The molecule has 1 fully saturated rings. The van der Waals surface area contributed by atoms with Gasteiger partial charge in [-0.3, -0.25) is 4.79 Å². The summed E-state index contributed by atoms with van der Waals surface area (Å²) in [6, 6.07) is 7.33. The van der Waals surface area contributed by atoms with Crippen LogP contribution < -0.4 is 15.5 Å². The number of rotatable bonds is 6. The predicted molar refractivity (Wildman–Crippen MR) is 102 cm³/mol. The molecule has 4 rings (SSSR count). The van der Waals surface area contributed by atoms with Crippen LogP contribution in [0.2, 0.25) is 0 Å². The lowest BCUT2D eigenvalue weighted by atomic mass is 10.2. The fraction of sp³-hybridized carbons (Fsp3) is 0.353. The Morgan fingerprint density at radius 1 is 1.12 bits per heavy atom. The van der Waals surface area contributed by atoms with Gasteiger partial charge in [-0.25, -0.2) is 0 Å². The Labute approximate surface area is 155 Å². The zero-order chi connectivity index (χ0) is 17.8. The molecule has 0 atom stereocenters. The number of nitrogens with one attached hydrogen (secondary N) is 2. The maximum absolute atomic E-state index is 12.2. The Bertz CT molecular complexity index is 907. The van der Waals surface area contributed by atoms with E-state index in [9.17, 15) is 4.79 Å². The van der Waals surface area contributed by atoms with E-state index in [0.29, 0.717) is 18.7 Å². The van der Waals surface area contributed by atoms with Crippen LogP contribution in [0.3, 0.4) is 0 Å². The lowest BCUT2D eigenvalue weighted by Gasteiger charge is -2.17. The van der Waals surface area contributed by atoms with E-state index < -0.39 is 0 Å². The van der Waals surface area contributed by atoms with Gasteiger partial charge in [0.15, 0.2) is 5.82 Å². The second-order valence-electron chi connectivity index (χ2n) is 6.14. The number of hydrogen-bond donors (Lipinski definition) is 2. The number of hydrogen-bond acceptors (Lipinski definition) is 8. The van der Waals surface area contributed by atoms with E-state index in [0.717, 1.165) is 47.4 Å². The van der Waals surface area contributed by atoms with Gasteiger partial charge in [-0.15, -0.1) is 5.10 Å². The summed E-state index contributed by atoms with van der Waals surface area (Å²) in [5, 5.41) is 14.3. The normalized spacial score (nSPS) is 13.9. The van der Waals surface area contributed by atoms with Gasteiger partial charge in [0.1, 0.15) is 11.0 Å². The van der Waals surface area contributed by atoms with Gasteiger partial charge in [0.05, 0.1) is 23.6 Å². The van der Waals surface area contributed by atoms with Crippen LogP contribution in [-0.4, -0.2) is 51.0 Å². The highest BCUT2D eigenvalue weighted by atomic mass is 32.1. The third-order valence-corrected chi connectivity index (χ3v) is 4.90. The van der Waals surface area contributed by atoms with E-state index >= 15 is 0 Å². The number of amides is 1. The highest BCUT2D eigenvalue weighted by molar-refractivity contribution is 7.00. The van der Waals surface area contributed by atoms with E-state index in [1.807, 2.05) is 12.1 Å². The minimum Gasteiger partial charge on any atom is -0.370 e. The first-order valence-corrected chi connectivity index (χ1v) is 9.35. The van der Waals surface area contributed by atoms with E-state index in [2.05, 4.69) is 34.5 Å². The fourth-order valence-electron chi connectivity index (χ4n) is 2.98. The lowest BCUT2D eigenvalue weighted by molar-refractivity contribution is 0.0955. The first-order valence-electron chi connectivity index (χ1n) is 8.62. The fourth-order valence-corrected chi connectivity index (χ4v) is 3.50. The average Bonchev–Trinajstić information content (AvgIpc) is 3.36. The second kappa shape index (κ2) is 7.61. The molecule has 1 saturated heterocycles. The third-order valence-electron chi connectivity index (χ3n) is 4.34. The molecule has 9 heteroatoms. The standard InChI is InChI=1S/C17H19N7OS/c25-17(12-3-4-14-15(9-12)23-26-22-14)19-6-5-18-16-10-13(11-20-21-16)24-7-1-2-8-24/h3-4,9-11H,1-2,5-8H2,(H,18,21)(H,19,25). The van der Waals surface area contributed by atoms with Crippen molar-refractivity contribution in [3.05, 3.63) is 36.0 Å². The number of fused-ring (bicyclic) bond motifs is 1. The first-order chi connectivity index (χ1) is 12.8. The van der Waals surface area contributed by atoms with Crippen molar-refractivity contribution < 1.29 is 4.79 Å². The number of aromatic nitrogens is 4. The second-order valence-corrected chi connectivity index (χ2v) is 6.67. The molecule has 26 heavy (non-hydrogen) atoms. The van der Waals surface area contributed by atoms with Gasteiger partial charge in [0.2, 0.25) is 0 Å². The Morgan fingerprint density at radius 3 is 2.85 bits per heavy atom. The van der Waals surface area contributed by atoms with E-state index in [1.165, 1.54) is 12.8 Å². The molecule has 0 spiro atoms. The highest BCUT2D eigenvalue weighted by Crippen LogP contribution is 2.20. The number of carbonyl (C=O) groups is 1. The minimum atomic E-state index is -0.126. The molecule has 3 aromatic rings. The van der Waals surface area contributed by atoms with Crippen LogP contribution in [0.25, 0.3) is 11.0 Å². The zero-order valence-corrected chi connectivity index (χ0v) is 15.0. The van der Waals surface area contributed by atoms with Crippen molar-refractivity contribution in [2.45, 2.75) is 12.8 Å². The van der Waals surface area contributed by atoms with Crippen molar-refractivity contribution in [2.24, 2.45) is 0 Å². The third kappa shape index (κ3) is 3.72. The van der Waals surface area contributed by atoms with Crippen LogP contribution in [0.15, 0.2) is 30.5 Å². The van der Waals surface area contributed by atoms with Crippen LogP contribution in [0, 0.1) is 0 Å². The Hall–Kier alpha value is -2.81. The molecule has 0 radical (unpaired) electrons. The molecule has 0 unspecified atom stereocenters. The quantitative estimate of drug-likeness (QED) is 0.641. The molecular weight excluding hydrogens is 350 g/mol. The highest BCUT2D eigenvalue weighted by Gasteiger charge is 2.13. The SMILES string of the molecule is O=C(NCCNc1cc(N2CCCC2)cnn1)c1ccc2nsnc2c1. The molecule has 0 aliphatic carbocycles. The smallest absolute Gasteiger partial charge is 0.251 e. The maximum Gasteiger partial charge on any atom is 0.251 e. The van der Waals surface area contributed by atoms with Gasteiger partial charge >= 0.3 is 0 Å². The van der Waals surface area contributed by atoms with Gasteiger partial charge in [-0.2, -0.15) is 13.8 Å². The maximum atomic E-state index is 12.2. The molecule has 1 aliphatic heterocycles. The molecule has 134 valence electrons. The number of benzene rings is 1. The molecule has 0 saturated carbocycles. The molecule has 1 amide bonds. The van der Waals surface area contributed by atoms with E-state index in [4.69, 9.17) is 0 Å². The molecule has 1 aromatic carbocycles. The molecule has 3 heterocycles. The largest absolute Gasteiger partial charge is 0.370 e. The number of anilines is 2. The molecule has 2 aromatic heterocycles. The van der Waals surface area contributed by atoms with Crippen LogP contribution in [0.4, 0.5) is 11.5 Å². The van der Waals surface area contributed by atoms with Crippen molar-refractivity contribution in [1.29, 1.82) is 0 Å². The topological polar surface area (TPSA) is 95.9 Å². The van der Waals surface area contributed by atoms with E-state index in [-0.39, 0.29) is 5.91 Å². The summed E-state index contributed by atoms with van der Waals surface area (Å²) >= 11 is 1.14. The summed E-state index contributed by atoms with van der Waals surface area (Å²) in [4.78, 5) is 14.5. The average molecular weight is 369 g/mol. The van der Waals surface area contributed by atoms with Crippen molar-refractivity contribution >= 4 is 40.2 Å². The molecule has 1 aliphatic rings. The van der Waals surface area contributed by atoms with Crippen molar-refractivity contribution in [2.75, 3.05) is 36.4 Å². The summed E-state index contributed by atoms with van der Waals surface area (Å²) in [7, 11) is 0. The summed E-state index contributed by atoms with van der Waals surface area (Å²) in [5.41, 5.74) is 3.23. The van der Waals surface area contributed by atoms with Crippen LogP contribution >= 0.6 is 11.7 Å². The number of nitrogens with zero attached hydrogens (tertiary/aromatic N) is 5. The van der Waals surface area contributed by atoms with Crippen molar-refractivity contribution in [3.63, 3.8) is 0 Å². The van der Waals surface area contributed by atoms with E-state index in [1.54, 1.807) is 18.3 Å². The zero-order valence-electron chi connectivity index (χ0n) is 14.2. The van der Waals surface area contributed by atoms with Gasteiger partial charge in [-0.1, -0.05) is 0 Å². The van der Waals surface area contributed by atoms with Crippen molar-refractivity contribution in [3.8, 4) is 0 Å². The van der Waals surface area contributed by atoms with Crippen LogP contribution in [0.1, 0.15) is 23.2 Å². The predicted octanol–water partition coefficient (Wildman–Crippen LogP) is 1.92.